The van der Waals surface area contributed by atoms with Crippen LogP contribution in [0.3, 0.4) is 0 Å². The Morgan fingerprint density at radius 3 is 2.26 bits per heavy atom. The number of rotatable bonds is 3. The van der Waals surface area contributed by atoms with E-state index in [0.717, 1.165) is 71.3 Å². The Morgan fingerprint density at radius 2 is 1.61 bits per heavy atom. The lowest BCUT2D eigenvalue weighted by molar-refractivity contribution is -0.137. The van der Waals surface area contributed by atoms with Gasteiger partial charge in [0.05, 0.1) is 5.56 Å². The summed E-state index contributed by atoms with van der Waals surface area (Å²) in [5.41, 5.74) is 0.0862. The lowest BCUT2D eigenvalue weighted by atomic mass is 9.96. The zero-order valence-electron chi connectivity index (χ0n) is 18.3. The lowest BCUT2D eigenvalue weighted by Gasteiger charge is -2.47. The van der Waals surface area contributed by atoms with Crippen LogP contribution >= 0.6 is 0 Å². The molecule has 31 heavy (non-hydrogen) atoms. The van der Waals surface area contributed by atoms with E-state index < -0.39 is 11.7 Å². The highest BCUT2D eigenvalue weighted by atomic mass is 19.4. The number of alkyl halides is 3. The minimum atomic E-state index is -4.30. The van der Waals surface area contributed by atoms with Crippen LogP contribution < -0.4 is 4.90 Å². The van der Waals surface area contributed by atoms with Gasteiger partial charge in [0.2, 0.25) is 5.91 Å². The molecule has 3 fully saturated rings. The number of carbonyl (C=O) groups is 1. The molecule has 0 spiro atoms. The van der Waals surface area contributed by atoms with E-state index >= 15 is 0 Å². The fourth-order valence-electron chi connectivity index (χ4n) is 5.38. The SMILES string of the molecule is CC(=O)N1CCC(N2CCC[C@H](N3CCN(c4cccc(C(F)(F)F)c4)CC3)C2)CC1. The Hall–Kier alpha value is -1.80. The van der Waals surface area contributed by atoms with Crippen LogP contribution in [0, 0.1) is 0 Å². The minimum absolute atomic E-state index is 0.175. The number of nitrogens with zero attached hydrogens (tertiary/aromatic N) is 4. The van der Waals surface area contributed by atoms with Gasteiger partial charge in [-0.1, -0.05) is 6.07 Å². The maximum absolute atomic E-state index is 13.0. The Balaban J connectivity index is 1.29. The van der Waals surface area contributed by atoms with Crippen LogP contribution in [-0.2, 0) is 11.0 Å². The number of piperazine rings is 1. The van der Waals surface area contributed by atoms with Crippen molar-refractivity contribution in [2.45, 2.75) is 50.9 Å². The molecule has 0 radical (unpaired) electrons. The van der Waals surface area contributed by atoms with Crippen LogP contribution in [0.1, 0.15) is 38.2 Å². The fraction of sp³-hybridized carbons (Fsp3) is 0.696. The average Bonchev–Trinajstić information content (AvgIpc) is 2.79. The van der Waals surface area contributed by atoms with Crippen molar-refractivity contribution in [3.8, 4) is 0 Å². The predicted octanol–water partition coefficient (Wildman–Crippen LogP) is 3.30. The molecule has 8 heteroatoms. The third-order valence-corrected chi connectivity index (χ3v) is 7.22. The molecule has 1 aromatic rings. The number of amides is 1. The van der Waals surface area contributed by atoms with E-state index in [1.165, 1.54) is 25.0 Å². The average molecular weight is 439 g/mol. The van der Waals surface area contributed by atoms with Crippen molar-refractivity contribution in [2.24, 2.45) is 0 Å². The molecule has 3 aliphatic rings. The Labute approximate surface area is 182 Å². The van der Waals surface area contributed by atoms with Crippen molar-refractivity contribution in [3.05, 3.63) is 29.8 Å². The maximum Gasteiger partial charge on any atom is 0.416 e. The molecular formula is C23H33F3N4O. The molecular weight excluding hydrogens is 405 g/mol. The number of likely N-dealkylation sites (tertiary alicyclic amines) is 2. The molecule has 172 valence electrons. The van der Waals surface area contributed by atoms with E-state index in [1.807, 2.05) is 4.90 Å². The zero-order valence-corrected chi connectivity index (χ0v) is 18.3. The van der Waals surface area contributed by atoms with Gasteiger partial charge in [-0.05, 0) is 50.4 Å². The summed E-state index contributed by atoms with van der Waals surface area (Å²) < 4.78 is 39.1. The van der Waals surface area contributed by atoms with Gasteiger partial charge in [0.1, 0.15) is 0 Å². The number of hydrogen-bond donors (Lipinski definition) is 0. The van der Waals surface area contributed by atoms with Crippen LogP contribution in [0.15, 0.2) is 24.3 Å². The van der Waals surface area contributed by atoms with E-state index in [0.29, 0.717) is 17.8 Å². The quantitative estimate of drug-likeness (QED) is 0.725. The second-order valence-corrected chi connectivity index (χ2v) is 9.10. The van der Waals surface area contributed by atoms with E-state index in [2.05, 4.69) is 14.7 Å². The van der Waals surface area contributed by atoms with Crippen molar-refractivity contribution in [1.29, 1.82) is 0 Å². The van der Waals surface area contributed by atoms with Crippen molar-refractivity contribution in [1.82, 2.24) is 14.7 Å². The molecule has 0 unspecified atom stereocenters. The third-order valence-electron chi connectivity index (χ3n) is 7.22. The molecule has 3 saturated heterocycles. The van der Waals surface area contributed by atoms with Crippen molar-refractivity contribution >= 4 is 11.6 Å². The van der Waals surface area contributed by atoms with E-state index in [9.17, 15) is 18.0 Å². The highest BCUT2D eigenvalue weighted by Gasteiger charge is 2.34. The topological polar surface area (TPSA) is 30.0 Å². The van der Waals surface area contributed by atoms with Gasteiger partial charge in [0.15, 0.2) is 0 Å². The van der Waals surface area contributed by atoms with Gasteiger partial charge >= 0.3 is 6.18 Å². The number of anilines is 1. The molecule has 0 bridgehead atoms. The lowest BCUT2D eigenvalue weighted by Crippen LogP contribution is -2.57. The molecule has 1 atom stereocenters. The van der Waals surface area contributed by atoms with E-state index in [-0.39, 0.29) is 5.91 Å². The molecule has 1 amide bonds. The van der Waals surface area contributed by atoms with Gasteiger partial charge < -0.3 is 9.80 Å². The molecule has 1 aromatic carbocycles. The second kappa shape index (κ2) is 9.36. The monoisotopic (exact) mass is 438 g/mol. The number of hydrogen-bond acceptors (Lipinski definition) is 4. The molecule has 3 aliphatic heterocycles. The highest BCUT2D eigenvalue weighted by molar-refractivity contribution is 5.73. The first kappa shape index (κ1) is 22.4. The predicted molar refractivity (Wildman–Crippen MR) is 115 cm³/mol. The van der Waals surface area contributed by atoms with Gasteiger partial charge in [-0.15, -0.1) is 0 Å². The van der Waals surface area contributed by atoms with Crippen molar-refractivity contribution in [3.63, 3.8) is 0 Å². The Morgan fingerprint density at radius 1 is 0.903 bits per heavy atom. The molecule has 0 aliphatic carbocycles. The van der Waals surface area contributed by atoms with Crippen LogP contribution in [0.4, 0.5) is 18.9 Å². The Bertz CT molecular complexity index is 755. The van der Waals surface area contributed by atoms with Crippen molar-refractivity contribution in [2.75, 3.05) is 57.3 Å². The van der Waals surface area contributed by atoms with Crippen LogP contribution in [-0.4, -0.2) is 85.0 Å². The molecule has 0 aromatic heterocycles. The standard InChI is InChI=1S/C23H33F3N4O/c1-18(31)27-10-7-20(8-11-27)30-9-3-6-22(17-30)29-14-12-28(13-15-29)21-5-2-4-19(16-21)23(24,25)26/h2,4-5,16,20,22H,3,6-15,17H2,1H3/t22-/m0/s1. The summed E-state index contributed by atoms with van der Waals surface area (Å²) >= 11 is 0. The van der Waals surface area contributed by atoms with E-state index in [4.69, 9.17) is 0 Å². The fourth-order valence-corrected chi connectivity index (χ4v) is 5.38. The second-order valence-electron chi connectivity index (χ2n) is 9.10. The zero-order chi connectivity index (χ0) is 22.0. The maximum atomic E-state index is 13.0. The molecule has 0 N–H and O–H groups in total. The van der Waals surface area contributed by atoms with Gasteiger partial charge in [-0.25, -0.2) is 0 Å². The van der Waals surface area contributed by atoms with Crippen molar-refractivity contribution < 1.29 is 18.0 Å². The molecule has 3 heterocycles. The van der Waals surface area contributed by atoms with Gasteiger partial charge in [0, 0.05) is 70.5 Å². The summed E-state index contributed by atoms with van der Waals surface area (Å²) in [5.74, 6) is 0.175. The molecule has 5 nitrogen and oxygen atoms in total. The van der Waals surface area contributed by atoms with Crippen LogP contribution in [0.25, 0.3) is 0 Å². The first-order valence-electron chi connectivity index (χ1n) is 11.5. The number of piperidine rings is 2. The summed E-state index contributed by atoms with van der Waals surface area (Å²) in [5, 5.41) is 0. The molecule has 0 saturated carbocycles. The smallest absolute Gasteiger partial charge is 0.369 e. The number of halogens is 3. The summed E-state index contributed by atoms with van der Waals surface area (Å²) in [4.78, 5) is 20.8. The van der Waals surface area contributed by atoms with Gasteiger partial charge in [-0.2, -0.15) is 13.2 Å². The van der Waals surface area contributed by atoms with Crippen LogP contribution in [0.5, 0.6) is 0 Å². The third kappa shape index (κ3) is 5.34. The summed E-state index contributed by atoms with van der Waals surface area (Å²) in [7, 11) is 0. The Kier molecular flexibility index (Phi) is 6.77. The van der Waals surface area contributed by atoms with Crippen LogP contribution in [0.2, 0.25) is 0 Å². The number of benzene rings is 1. The summed E-state index contributed by atoms with van der Waals surface area (Å²) in [6.07, 6.45) is 0.174. The summed E-state index contributed by atoms with van der Waals surface area (Å²) in [6.45, 7) is 8.85. The van der Waals surface area contributed by atoms with Gasteiger partial charge in [-0.3, -0.25) is 14.6 Å². The first-order valence-corrected chi connectivity index (χ1v) is 11.5. The first-order chi connectivity index (χ1) is 14.8. The van der Waals surface area contributed by atoms with Gasteiger partial charge in [0.25, 0.3) is 0 Å². The minimum Gasteiger partial charge on any atom is -0.369 e. The molecule has 4 rings (SSSR count). The normalized spacial score (nSPS) is 25.1. The summed E-state index contributed by atoms with van der Waals surface area (Å²) in [6, 6.07) is 6.76. The number of carbonyl (C=O) groups excluding carboxylic acids is 1. The highest BCUT2D eigenvalue weighted by Crippen LogP contribution is 2.32. The largest absolute Gasteiger partial charge is 0.416 e. The van der Waals surface area contributed by atoms with E-state index in [1.54, 1.807) is 13.0 Å².